The zero-order chi connectivity index (χ0) is 10.3. The maximum Gasteiger partial charge on any atom is 0.306 e. The molecule has 0 saturated heterocycles. The lowest BCUT2D eigenvalue weighted by atomic mass is 9.99. The second-order valence-corrected chi connectivity index (χ2v) is 3.30. The fraction of sp³-hybridized carbons (Fsp3) is 0.545. The van der Waals surface area contributed by atoms with Gasteiger partial charge >= 0.3 is 5.97 Å². The van der Waals surface area contributed by atoms with Crippen molar-refractivity contribution in [2.45, 2.75) is 33.1 Å². The molecule has 0 bridgehead atoms. The Bertz CT molecular complexity index is 229. The third-order valence-corrected chi connectivity index (χ3v) is 1.80. The van der Waals surface area contributed by atoms with Gasteiger partial charge in [0, 0.05) is 6.42 Å². The molecule has 2 nitrogen and oxygen atoms in total. The minimum atomic E-state index is -0.757. The largest absolute Gasteiger partial charge is 0.481 e. The summed E-state index contributed by atoms with van der Waals surface area (Å²) in [7, 11) is 0. The van der Waals surface area contributed by atoms with Crippen LogP contribution in [0.1, 0.15) is 33.1 Å². The third kappa shape index (κ3) is 5.98. The molecule has 0 fully saturated rings. The van der Waals surface area contributed by atoms with Crippen molar-refractivity contribution in [3.8, 4) is 12.3 Å². The molecule has 0 saturated carbocycles. The van der Waals surface area contributed by atoms with Gasteiger partial charge in [-0.1, -0.05) is 11.6 Å². The van der Waals surface area contributed by atoms with Crippen LogP contribution in [0.3, 0.4) is 0 Å². The maximum absolute atomic E-state index is 10.7. The van der Waals surface area contributed by atoms with Gasteiger partial charge in [0.25, 0.3) is 0 Å². The summed E-state index contributed by atoms with van der Waals surface area (Å²) in [5, 5.41) is 8.81. The Hall–Kier alpha value is -1.23. The first-order chi connectivity index (χ1) is 6.07. The summed E-state index contributed by atoms with van der Waals surface area (Å²) in [5.74, 6) is 1.37. The number of carboxylic acids is 1. The Labute approximate surface area is 79.7 Å². The summed E-state index contributed by atoms with van der Waals surface area (Å²) >= 11 is 0. The highest BCUT2D eigenvalue weighted by atomic mass is 16.4. The molecule has 0 heterocycles. The molecule has 0 amide bonds. The minimum absolute atomic E-state index is 0.328. The van der Waals surface area contributed by atoms with Gasteiger partial charge in [0.15, 0.2) is 0 Å². The number of hydrogen-bond donors (Lipinski definition) is 1. The van der Waals surface area contributed by atoms with Crippen molar-refractivity contribution < 1.29 is 9.90 Å². The highest BCUT2D eigenvalue weighted by molar-refractivity contribution is 5.70. The van der Waals surface area contributed by atoms with Crippen molar-refractivity contribution in [1.29, 1.82) is 0 Å². The van der Waals surface area contributed by atoms with Crippen molar-refractivity contribution in [3.05, 3.63) is 11.6 Å². The lowest BCUT2D eigenvalue weighted by molar-refractivity contribution is -0.141. The minimum Gasteiger partial charge on any atom is -0.481 e. The van der Waals surface area contributed by atoms with Crippen molar-refractivity contribution >= 4 is 5.97 Å². The number of terminal acetylenes is 1. The Morgan fingerprint density at radius 1 is 1.62 bits per heavy atom. The van der Waals surface area contributed by atoms with Crippen LogP contribution in [-0.4, -0.2) is 11.1 Å². The van der Waals surface area contributed by atoms with Crippen LogP contribution in [0.5, 0.6) is 0 Å². The Balaban J connectivity index is 4.04. The fourth-order valence-electron chi connectivity index (χ4n) is 0.978. The van der Waals surface area contributed by atoms with E-state index in [1.54, 1.807) is 0 Å². The van der Waals surface area contributed by atoms with E-state index in [1.165, 1.54) is 0 Å². The van der Waals surface area contributed by atoms with E-state index in [-0.39, 0.29) is 5.92 Å². The molecule has 0 aliphatic heterocycles. The van der Waals surface area contributed by atoms with Gasteiger partial charge < -0.3 is 5.11 Å². The lowest BCUT2D eigenvalue weighted by Crippen LogP contribution is -2.12. The van der Waals surface area contributed by atoms with E-state index in [1.807, 2.05) is 19.9 Å². The highest BCUT2D eigenvalue weighted by Crippen LogP contribution is 2.13. The molecular weight excluding hydrogens is 164 g/mol. The molecule has 0 rings (SSSR count). The van der Waals surface area contributed by atoms with Crippen molar-refractivity contribution in [2.75, 3.05) is 0 Å². The molecule has 0 aliphatic carbocycles. The molecule has 13 heavy (non-hydrogen) atoms. The first kappa shape index (κ1) is 11.8. The van der Waals surface area contributed by atoms with Crippen LogP contribution in [0.15, 0.2) is 11.6 Å². The van der Waals surface area contributed by atoms with E-state index in [4.69, 9.17) is 11.5 Å². The monoisotopic (exact) mass is 180 g/mol. The average Bonchev–Trinajstić information content (AvgIpc) is 2.03. The molecule has 1 atom stereocenters. The molecule has 2 heteroatoms. The third-order valence-electron chi connectivity index (χ3n) is 1.80. The number of rotatable bonds is 5. The molecule has 0 aromatic heterocycles. The van der Waals surface area contributed by atoms with Gasteiger partial charge in [0.05, 0.1) is 5.92 Å². The molecule has 1 unspecified atom stereocenters. The van der Waals surface area contributed by atoms with Gasteiger partial charge in [-0.3, -0.25) is 4.79 Å². The predicted octanol–water partition coefficient (Wildman–Crippen LogP) is 2.46. The van der Waals surface area contributed by atoms with E-state index in [2.05, 4.69) is 5.92 Å². The second kappa shape index (κ2) is 6.30. The van der Waals surface area contributed by atoms with Gasteiger partial charge in [-0.25, -0.2) is 0 Å². The smallest absolute Gasteiger partial charge is 0.306 e. The van der Waals surface area contributed by atoms with E-state index in [0.717, 1.165) is 5.57 Å². The molecule has 0 radical (unpaired) electrons. The average molecular weight is 180 g/mol. The summed E-state index contributed by atoms with van der Waals surface area (Å²) in [6.07, 6.45) is 8.70. The van der Waals surface area contributed by atoms with Crippen LogP contribution >= 0.6 is 0 Å². The summed E-state index contributed by atoms with van der Waals surface area (Å²) in [6.45, 7) is 3.92. The topological polar surface area (TPSA) is 37.3 Å². The van der Waals surface area contributed by atoms with Crippen LogP contribution in [-0.2, 0) is 4.79 Å². The van der Waals surface area contributed by atoms with Gasteiger partial charge in [-0.2, -0.15) is 0 Å². The highest BCUT2D eigenvalue weighted by Gasteiger charge is 2.14. The SMILES string of the molecule is C#CCCC(CC=C(C)C)C(=O)O. The van der Waals surface area contributed by atoms with E-state index >= 15 is 0 Å². The summed E-state index contributed by atoms with van der Waals surface area (Å²) in [4.78, 5) is 10.7. The number of allylic oxidation sites excluding steroid dienone is 2. The van der Waals surface area contributed by atoms with Crippen LogP contribution in [0.25, 0.3) is 0 Å². The molecule has 1 N–H and O–H groups in total. The number of aliphatic carboxylic acids is 1. The maximum atomic E-state index is 10.7. The summed E-state index contributed by atoms with van der Waals surface area (Å²) in [6, 6.07) is 0. The van der Waals surface area contributed by atoms with Crippen molar-refractivity contribution in [1.82, 2.24) is 0 Å². The zero-order valence-electron chi connectivity index (χ0n) is 8.21. The van der Waals surface area contributed by atoms with Crippen LogP contribution in [0.4, 0.5) is 0 Å². The fourth-order valence-corrected chi connectivity index (χ4v) is 0.978. The van der Waals surface area contributed by atoms with E-state index in [9.17, 15) is 4.79 Å². The van der Waals surface area contributed by atoms with Gasteiger partial charge in [-0.15, -0.1) is 12.3 Å². The quantitative estimate of drug-likeness (QED) is 0.521. The zero-order valence-corrected chi connectivity index (χ0v) is 8.21. The molecule has 0 aromatic carbocycles. The van der Waals surface area contributed by atoms with Crippen LogP contribution in [0.2, 0.25) is 0 Å². The number of carbonyl (C=O) groups is 1. The van der Waals surface area contributed by atoms with Gasteiger partial charge in [0.2, 0.25) is 0 Å². The van der Waals surface area contributed by atoms with Crippen LogP contribution < -0.4 is 0 Å². The Morgan fingerprint density at radius 3 is 2.62 bits per heavy atom. The second-order valence-electron chi connectivity index (χ2n) is 3.30. The van der Waals surface area contributed by atoms with E-state index in [0.29, 0.717) is 19.3 Å². The number of hydrogen-bond acceptors (Lipinski definition) is 1. The lowest BCUT2D eigenvalue weighted by Gasteiger charge is -2.07. The van der Waals surface area contributed by atoms with E-state index < -0.39 is 5.97 Å². The number of carboxylic acid groups (broad SMARTS) is 1. The first-order valence-electron chi connectivity index (χ1n) is 4.37. The van der Waals surface area contributed by atoms with Crippen molar-refractivity contribution in [3.63, 3.8) is 0 Å². The Kier molecular flexibility index (Phi) is 5.71. The van der Waals surface area contributed by atoms with Crippen LogP contribution in [0, 0.1) is 18.3 Å². The molecular formula is C11H16O2. The molecule has 72 valence electrons. The van der Waals surface area contributed by atoms with Gasteiger partial charge in [0.1, 0.15) is 0 Å². The van der Waals surface area contributed by atoms with Gasteiger partial charge in [-0.05, 0) is 26.7 Å². The molecule has 0 spiro atoms. The standard InChI is InChI=1S/C11H16O2/c1-4-5-6-10(11(12)13)8-7-9(2)3/h1,7,10H,5-6,8H2,2-3H3,(H,12,13). The van der Waals surface area contributed by atoms with Crippen molar-refractivity contribution in [2.24, 2.45) is 5.92 Å². The Morgan fingerprint density at radius 2 is 2.23 bits per heavy atom. The predicted molar refractivity (Wildman–Crippen MR) is 53.2 cm³/mol. The summed E-state index contributed by atoms with van der Waals surface area (Å²) in [5.41, 5.74) is 1.15. The molecule has 0 aliphatic rings. The normalized spacial score (nSPS) is 11.5. The molecule has 0 aromatic rings. The first-order valence-corrected chi connectivity index (χ1v) is 4.37. The summed E-state index contributed by atoms with van der Waals surface area (Å²) < 4.78 is 0.